The van der Waals surface area contributed by atoms with Crippen LogP contribution in [-0.2, 0) is 6.54 Å². The van der Waals surface area contributed by atoms with Gasteiger partial charge in [-0.1, -0.05) is 12.1 Å². The third kappa shape index (κ3) is 4.43. The van der Waals surface area contributed by atoms with Crippen LogP contribution in [0.3, 0.4) is 0 Å². The largest absolute Gasteiger partial charge is 0.348 e. The van der Waals surface area contributed by atoms with Crippen molar-refractivity contribution in [2.45, 2.75) is 25.3 Å². The van der Waals surface area contributed by atoms with Crippen molar-refractivity contribution in [1.29, 1.82) is 5.26 Å². The number of aromatic nitrogens is 2. The number of pyridine rings is 1. The smallest absolute Gasteiger partial charge is 0.265 e. The van der Waals surface area contributed by atoms with E-state index >= 15 is 0 Å². The van der Waals surface area contributed by atoms with Crippen LogP contribution in [0, 0.1) is 11.3 Å². The molecule has 3 aromatic heterocycles. The number of piperidine rings is 1. The molecule has 7 nitrogen and oxygen atoms in total. The van der Waals surface area contributed by atoms with Crippen LogP contribution in [-0.4, -0.2) is 39.2 Å². The van der Waals surface area contributed by atoms with E-state index in [-0.39, 0.29) is 11.8 Å². The van der Waals surface area contributed by atoms with Gasteiger partial charge in [0, 0.05) is 43.8 Å². The van der Waals surface area contributed by atoms with Crippen molar-refractivity contribution < 1.29 is 9.59 Å². The molecule has 0 unspecified atom stereocenters. The molecule has 1 fully saturated rings. The lowest BCUT2D eigenvalue weighted by Crippen LogP contribution is -2.37. The van der Waals surface area contributed by atoms with E-state index in [1.54, 1.807) is 17.6 Å². The highest BCUT2D eigenvalue weighted by Crippen LogP contribution is 2.30. The van der Waals surface area contributed by atoms with E-state index < -0.39 is 0 Å². The normalized spacial score (nSPS) is 14.1. The van der Waals surface area contributed by atoms with Gasteiger partial charge in [0.2, 0.25) is 0 Å². The highest BCUT2D eigenvalue weighted by Gasteiger charge is 2.26. The van der Waals surface area contributed by atoms with E-state index in [1.807, 2.05) is 58.1 Å². The molecule has 0 bridgehead atoms. The molecule has 1 saturated heterocycles. The van der Waals surface area contributed by atoms with Gasteiger partial charge < -0.3 is 14.6 Å². The van der Waals surface area contributed by atoms with Crippen LogP contribution in [0.2, 0.25) is 0 Å². The maximum absolute atomic E-state index is 12.8. The molecule has 1 aliphatic rings. The molecule has 4 aromatic rings. The molecule has 1 aromatic carbocycles. The number of hydrogen-bond donors (Lipinski definition) is 1. The fraction of sp³-hybridized carbons (Fsp3) is 0.231. The average molecular weight is 470 g/mol. The van der Waals surface area contributed by atoms with Crippen molar-refractivity contribution >= 4 is 28.8 Å². The summed E-state index contributed by atoms with van der Waals surface area (Å²) in [5, 5.41) is 13.9. The maximum atomic E-state index is 12.8. The van der Waals surface area contributed by atoms with Gasteiger partial charge in [-0.25, -0.2) is 4.98 Å². The molecule has 0 radical (unpaired) electrons. The average Bonchev–Trinajstić information content (AvgIpc) is 3.56. The Kier molecular flexibility index (Phi) is 6.11. The Bertz CT molecular complexity index is 1370. The van der Waals surface area contributed by atoms with E-state index in [9.17, 15) is 14.9 Å². The molecule has 8 heteroatoms. The molecule has 170 valence electrons. The third-order valence-electron chi connectivity index (χ3n) is 6.32. The van der Waals surface area contributed by atoms with E-state index in [1.165, 1.54) is 16.9 Å². The van der Waals surface area contributed by atoms with Crippen molar-refractivity contribution in [2.24, 2.45) is 0 Å². The summed E-state index contributed by atoms with van der Waals surface area (Å²) in [6.45, 7) is 1.76. The fourth-order valence-corrected chi connectivity index (χ4v) is 5.19. The number of fused-ring (bicyclic) bond motifs is 1. The van der Waals surface area contributed by atoms with Crippen LogP contribution in [0.25, 0.3) is 5.65 Å². The van der Waals surface area contributed by atoms with Crippen molar-refractivity contribution in [1.82, 2.24) is 19.6 Å². The second kappa shape index (κ2) is 9.49. The number of thiophene rings is 1. The number of amides is 2. The fourth-order valence-electron chi connectivity index (χ4n) is 4.38. The number of carbonyl (C=O) groups excluding carboxylic acids is 2. The number of likely N-dealkylation sites (tertiary alicyclic amines) is 1. The number of benzene rings is 1. The van der Waals surface area contributed by atoms with Gasteiger partial charge in [-0.3, -0.25) is 9.59 Å². The highest BCUT2D eigenvalue weighted by atomic mass is 32.1. The minimum atomic E-state index is -0.112. The first-order chi connectivity index (χ1) is 16.6. The first-order valence-electron chi connectivity index (χ1n) is 11.2. The van der Waals surface area contributed by atoms with E-state index in [2.05, 4.69) is 16.4 Å². The first kappa shape index (κ1) is 21.9. The van der Waals surface area contributed by atoms with E-state index in [0.29, 0.717) is 41.6 Å². The van der Waals surface area contributed by atoms with Crippen molar-refractivity contribution in [2.75, 3.05) is 13.1 Å². The van der Waals surface area contributed by atoms with Crippen LogP contribution < -0.4 is 5.32 Å². The van der Waals surface area contributed by atoms with Crippen LogP contribution in [0.1, 0.15) is 55.5 Å². The van der Waals surface area contributed by atoms with Gasteiger partial charge in [-0.05, 0) is 65.6 Å². The Labute approximate surface area is 201 Å². The standard InChI is InChI=1S/C26H23N5O2S/c27-16-22-8-14-34-24(22)26(33)31-11-6-20(7-12-31)19-1-3-21(4-2-19)25(32)29-17-18-5-10-30-13-9-28-23(30)15-18/h1-5,8-10,13-15,20H,6-7,11-12,17H2,(H,29,32). The number of hydrogen-bond acceptors (Lipinski definition) is 5. The molecule has 0 spiro atoms. The van der Waals surface area contributed by atoms with Crippen LogP contribution in [0.4, 0.5) is 0 Å². The molecule has 4 heterocycles. The zero-order chi connectivity index (χ0) is 23.5. The number of rotatable bonds is 5. The minimum Gasteiger partial charge on any atom is -0.348 e. The molecule has 0 atom stereocenters. The summed E-state index contributed by atoms with van der Waals surface area (Å²) in [4.78, 5) is 32.0. The van der Waals surface area contributed by atoms with Crippen molar-refractivity contribution in [3.8, 4) is 6.07 Å². The summed E-state index contributed by atoms with van der Waals surface area (Å²) in [5.74, 6) is 0.185. The summed E-state index contributed by atoms with van der Waals surface area (Å²) >= 11 is 1.32. The molecule has 0 aliphatic carbocycles. The van der Waals surface area contributed by atoms with E-state index in [0.717, 1.165) is 24.1 Å². The number of nitrogens with zero attached hydrogens (tertiary/aromatic N) is 4. The zero-order valence-corrected chi connectivity index (χ0v) is 19.3. The molecule has 0 saturated carbocycles. The zero-order valence-electron chi connectivity index (χ0n) is 18.5. The molecular formula is C26H23N5O2S. The first-order valence-corrected chi connectivity index (χ1v) is 12.1. The Balaban J connectivity index is 1.15. The summed E-state index contributed by atoms with van der Waals surface area (Å²) in [6.07, 6.45) is 7.28. The number of nitrogens with one attached hydrogen (secondary N) is 1. The summed E-state index contributed by atoms with van der Waals surface area (Å²) in [5.41, 5.74) is 4.11. The Morgan fingerprint density at radius 3 is 2.68 bits per heavy atom. The second-order valence-corrected chi connectivity index (χ2v) is 9.29. The quantitative estimate of drug-likeness (QED) is 0.474. The Morgan fingerprint density at radius 1 is 1.12 bits per heavy atom. The lowest BCUT2D eigenvalue weighted by atomic mass is 9.89. The third-order valence-corrected chi connectivity index (χ3v) is 7.22. The monoisotopic (exact) mass is 469 g/mol. The summed E-state index contributed by atoms with van der Waals surface area (Å²) in [7, 11) is 0. The van der Waals surface area contributed by atoms with Crippen LogP contribution >= 0.6 is 11.3 Å². The molecular weight excluding hydrogens is 446 g/mol. The molecule has 34 heavy (non-hydrogen) atoms. The van der Waals surface area contributed by atoms with Gasteiger partial charge in [0.1, 0.15) is 16.6 Å². The number of imidazole rings is 1. The summed E-state index contributed by atoms with van der Waals surface area (Å²) < 4.78 is 1.93. The maximum Gasteiger partial charge on any atom is 0.265 e. The van der Waals surface area contributed by atoms with Gasteiger partial charge >= 0.3 is 0 Å². The van der Waals surface area contributed by atoms with Gasteiger partial charge in [0.05, 0.1) is 5.56 Å². The van der Waals surface area contributed by atoms with E-state index in [4.69, 9.17) is 0 Å². The Morgan fingerprint density at radius 2 is 1.91 bits per heavy atom. The highest BCUT2D eigenvalue weighted by molar-refractivity contribution is 7.12. The Hall–Kier alpha value is -3.96. The molecule has 5 rings (SSSR count). The number of nitriles is 1. The van der Waals surface area contributed by atoms with Crippen LogP contribution in [0.15, 0.2) is 66.4 Å². The predicted octanol–water partition coefficient (Wildman–Crippen LogP) is 4.22. The second-order valence-electron chi connectivity index (χ2n) is 8.37. The van der Waals surface area contributed by atoms with Crippen LogP contribution in [0.5, 0.6) is 0 Å². The summed E-state index contributed by atoms with van der Waals surface area (Å²) in [6, 6.07) is 15.5. The van der Waals surface area contributed by atoms with Gasteiger partial charge in [0.15, 0.2) is 0 Å². The van der Waals surface area contributed by atoms with Gasteiger partial charge in [-0.15, -0.1) is 11.3 Å². The SMILES string of the molecule is N#Cc1ccsc1C(=O)N1CCC(c2ccc(C(=O)NCc3ccn4ccnc4c3)cc2)CC1. The molecule has 2 amide bonds. The lowest BCUT2D eigenvalue weighted by molar-refractivity contribution is 0.0717. The minimum absolute atomic E-state index is 0.0519. The molecule has 1 aliphatic heterocycles. The van der Waals surface area contributed by atoms with Crippen molar-refractivity contribution in [3.63, 3.8) is 0 Å². The van der Waals surface area contributed by atoms with Crippen molar-refractivity contribution in [3.05, 3.63) is 93.6 Å². The predicted molar refractivity (Wildman–Crippen MR) is 130 cm³/mol. The van der Waals surface area contributed by atoms with Gasteiger partial charge in [0.25, 0.3) is 11.8 Å². The lowest BCUT2D eigenvalue weighted by Gasteiger charge is -2.32. The number of carbonyl (C=O) groups is 2. The van der Waals surface area contributed by atoms with Gasteiger partial charge in [-0.2, -0.15) is 5.26 Å². The topological polar surface area (TPSA) is 90.5 Å². The molecule has 1 N–H and O–H groups in total.